The van der Waals surface area contributed by atoms with Crippen molar-refractivity contribution in [3.63, 3.8) is 0 Å². The minimum absolute atomic E-state index is 0.0303. The molecule has 2 N–H and O–H groups in total. The number of thiophene rings is 1. The van der Waals surface area contributed by atoms with Crippen LogP contribution in [0.4, 0.5) is 20.4 Å². The second-order valence-corrected chi connectivity index (χ2v) is 6.33. The molecular formula is C12H12BrF2N3S. The summed E-state index contributed by atoms with van der Waals surface area (Å²) >= 11 is 5.01. The summed E-state index contributed by atoms with van der Waals surface area (Å²) in [4.78, 5) is 5.03. The van der Waals surface area contributed by atoms with Gasteiger partial charge in [-0.15, -0.1) is 11.3 Å². The molecule has 0 aromatic carbocycles. The Balaban J connectivity index is 1.99. The lowest BCUT2D eigenvalue weighted by Crippen LogP contribution is -2.09. The zero-order valence-electron chi connectivity index (χ0n) is 10.1. The summed E-state index contributed by atoms with van der Waals surface area (Å²) in [7, 11) is 1.54. The van der Waals surface area contributed by atoms with Gasteiger partial charge in [-0.25, -0.2) is 13.8 Å². The molecule has 0 bridgehead atoms. The first-order chi connectivity index (χ1) is 9.10. The first-order valence-corrected chi connectivity index (χ1v) is 7.23. The van der Waals surface area contributed by atoms with Crippen LogP contribution in [0.1, 0.15) is 4.88 Å². The Morgan fingerprint density at radius 1 is 1.26 bits per heavy atom. The van der Waals surface area contributed by atoms with Crippen LogP contribution >= 0.6 is 27.3 Å². The number of aromatic nitrogens is 1. The van der Waals surface area contributed by atoms with Crippen molar-refractivity contribution in [1.82, 2.24) is 4.98 Å². The second-order valence-electron chi connectivity index (χ2n) is 3.78. The Hall–Kier alpha value is -1.21. The van der Waals surface area contributed by atoms with Gasteiger partial charge >= 0.3 is 0 Å². The highest BCUT2D eigenvalue weighted by Crippen LogP contribution is 2.23. The second kappa shape index (κ2) is 6.29. The summed E-state index contributed by atoms with van der Waals surface area (Å²) < 4.78 is 27.8. The van der Waals surface area contributed by atoms with Crippen molar-refractivity contribution < 1.29 is 8.78 Å². The number of rotatable bonds is 5. The van der Waals surface area contributed by atoms with Gasteiger partial charge in [0, 0.05) is 24.5 Å². The number of halogens is 3. The zero-order valence-corrected chi connectivity index (χ0v) is 12.5. The Bertz CT molecular complexity index is 574. The van der Waals surface area contributed by atoms with E-state index in [0.29, 0.717) is 6.54 Å². The molecule has 0 radical (unpaired) electrons. The molecule has 102 valence electrons. The molecule has 0 unspecified atom stereocenters. The van der Waals surface area contributed by atoms with Crippen LogP contribution in [0.2, 0.25) is 0 Å². The van der Waals surface area contributed by atoms with E-state index in [1.807, 2.05) is 12.1 Å². The van der Waals surface area contributed by atoms with Gasteiger partial charge < -0.3 is 10.6 Å². The zero-order chi connectivity index (χ0) is 13.8. The predicted molar refractivity (Wildman–Crippen MR) is 77.9 cm³/mol. The van der Waals surface area contributed by atoms with Gasteiger partial charge in [-0.2, -0.15) is 0 Å². The molecule has 0 aliphatic carbocycles. The molecular weight excluding hydrogens is 336 g/mol. The largest absolute Gasteiger partial charge is 0.371 e. The quantitative estimate of drug-likeness (QED) is 0.861. The summed E-state index contributed by atoms with van der Waals surface area (Å²) in [6.45, 7) is 0.533. The number of nitrogens with one attached hydrogen (secondary N) is 2. The first-order valence-electron chi connectivity index (χ1n) is 5.62. The number of hydrogen-bond donors (Lipinski definition) is 2. The van der Waals surface area contributed by atoms with E-state index in [1.54, 1.807) is 11.3 Å². The molecule has 19 heavy (non-hydrogen) atoms. The summed E-state index contributed by atoms with van der Waals surface area (Å²) in [5.41, 5.74) is 0. The average Bonchev–Trinajstić information content (AvgIpc) is 2.78. The molecule has 3 nitrogen and oxygen atoms in total. The van der Waals surface area contributed by atoms with E-state index in [0.717, 1.165) is 16.3 Å². The summed E-state index contributed by atoms with van der Waals surface area (Å²) in [6.07, 6.45) is 0.754. The molecule has 0 spiro atoms. The van der Waals surface area contributed by atoms with E-state index in [1.165, 1.54) is 11.9 Å². The van der Waals surface area contributed by atoms with Gasteiger partial charge in [0.15, 0.2) is 23.3 Å². The third kappa shape index (κ3) is 3.63. The van der Waals surface area contributed by atoms with E-state index >= 15 is 0 Å². The lowest BCUT2D eigenvalue weighted by Gasteiger charge is -2.08. The lowest BCUT2D eigenvalue weighted by atomic mass is 10.3. The van der Waals surface area contributed by atoms with Gasteiger partial charge in [0.25, 0.3) is 0 Å². The Kier molecular flexibility index (Phi) is 4.71. The third-order valence-corrected chi connectivity index (χ3v) is 4.14. The number of nitrogens with zero attached hydrogens (tertiary/aromatic N) is 1. The van der Waals surface area contributed by atoms with Gasteiger partial charge in [-0.1, -0.05) is 0 Å². The van der Waals surface area contributed by atoms with Crippen LogP contribution < -0.4 is 10.6 Å². The van der Waals surface area contributed by atoms with Crippen LogP contribution in [0.15, 0.2) is 22.0 Å². The molecule has 0 aliphatic rings. The molecule has 0 fully saturated rings. The predicted octanol–water partition coefficient (Wildman–Crippen LogP) is 3.88. The summed E-state index contributed by atoms with van der Waals surface area (Å²) in [5, 5.41) is 5.45. The minimum atomic E-state index is -0.701. The first kappa shape index (κ1) is 14.2. The van der Waals surface area contributed by atoms with Crippen LogP contribution in [0.5, 0.6) is 0 Å². The van der Waals surface area contributed by atoms with Gasteiger partial charge in [0.05, 0.1) is 3.79 Å². The number of anilines is 2. The summed E-state index contributed by atoms with van der Waals surface area (Å²) in [6, 6.07) is 4.79. The third-order valence-electron chi connectivity index (χ3n) is 2.46. The fourth-order valence-corrected chi connectivity index (χ4v) is 3.04. The molecule has 0 amide bonds. The summed E-state index contributed by atoms with van der Waals surface area (Å²) in [5.74, 6) is -1.30. The van der Waals surface area contributed by atoms with E-state index in [9.17, 15) is 8.78 Å². The maximum atomic E-state index is 13.5. The maximum Gasteiger partial charge on any atom is 0.168 e. The number of hydrogen-bond acceptors (Lipinski definition) is 4. The highest BCUT2D eigenvalue weighted by Gasteiger charge is 2.10. The van der Waals surface area contributed by atoms with Crippen LogP contribution in [0.25, 0.3) is 0 Å². The molecule has 2 heterocycles. The van der Waals surface area contributed by atoms with Crippen LogP contribution in [-0.2, 0) is 6.42 Å². The SMILES string of the molecule is CNc1nc(NCCc2ccc(Br)s2)c(F)cc1F. The fraction of sp³-hybridized carbons (Fsp3) is 0.250. The van der Waals surface area contributed by atoms with E-state index < -0.39 is 11.6 Å². The van der Waals surface area contributed by atoms with Crippen molar-refractivity contribution in [3.8, 4) is 0 Å². The van der Waals surface area contributed by atoms with Gasteiger partial charge in [0.2, 0.25) is 0 Å². The highest BCUT2D eigenvalue weighted by molar-refractivity contribution is 9.11. The fourth-order valence-electron chi connectivity index (χ4n) is 1.56. The number of pyridine rings is 1. The van der Waals surface area contributed by atoms with Gasteiger partial charge in [-0.3, -0.25) is 0 Å². The van der Waals surface area contributed by atoms with Crippen molar-refractivity contribution in [2.45, 2.75) is 6.42 Å². The molecule has 2 rings (SSSR count). The van der Waals surface area contributed by atoms with Crippen LogP contribution in [0.3, 0.4) is 0 Å². The van der Waals surface area contributed by atoms with Crippen molar-refractivity contribution in [3.05, 3.63) is 38.5 Å². The molecule has 0 aliphatic heterocycles. The minimum Gasteiger partial charge on any atom is -0.371 e. The van der Waals surface area contributed by atoms with Crippen molar-refractivity contribution >= 4 is 38.9 Å². The molecule has 2 aromatic heterocycles. The van der Waals surface area contributed by atoms with Gasteiger partial charge in [-0.05, 0) is 34.5 Å². The van der Waals surface area contributed by atoms with E-state index in [-0.39, 0.29) is 11.6 Å². The van der Waals surface area contributed by atoms with E-state index in [4.69, 9.17) is 0 Å². The molecule has 0 saturated heterocycles. The van der Waals surface area contributed by atoms with Crippen molar-refractivity contribution in [1.29, 1.82) is 0 Å². The normalized spacial score (nSPS) is 10.5. The molecule has 2 aromatic rings. The Morgan fingerprint density at radius 3 is 2.63 bits per heavy atom. The smallest absolute Gasteiger partial charge is 0.168 e. The monoisotopic (exact) mass is 347 g/mol. The Labute approximate surface area is 122 Å². The van der Waals surface area contributed by atoms with Crippen LogP contribution in [0, 0.1) is 11.6 Å². The molecule has 0 atom stereocenters. The maximum absolute atomic E-state index is 13.5. The standard InChI is InChI=1S/C12H12BrF2N3S/c1-16-11-8(14)6-9(15)12(18-11)17-5-4-7-2-3-10(13)19-7/h2-3,6H,4-5H2,1H3,(H2,16,17,18). The molecule has 0 saturated carbocycles. The van der Waals surface area contributed by atoms with Gasteiger partial charge in [0.1, 0.15) is 0 Å². The van der Waals surface area contributed by atoms with E-state index in [2.05, 4.69) is 31.5 Å². The topological polar surface area (TPSA) is 37.0 Å². The van der Waals surface area contributed by atoms with Crippen molar-refractivity contribution in [2.24, 2.45) is 0 Å². The molecule has 7 heteroatoms. The lowest BCUT2D eigenvalue weighted by molar-refractivity contribution is 0.578. The van der Waals surface area contributed by atoms with Crippen molar-refractivity contribution in [2.75, 3.05) is 24.2 Å². The average molecular weight is 348 g/mol. The van der Waals surface area contributed by atoms with Crippen LogP contribution in [-0.4, -0.2) is 18.6 Å². The Morgan fingerprint density at radius 2 is 2.00 bits per heavy atom. The highest BCUT2D eigenvalue weighted by atomic mass is 79.9.